The molecule has 0 radical (unpaired) electrons. The zero-order valence-electron chi connectivity index (χ0n) is 17.0. The van der Waals surface area contributed by atoms with E-state index >= 15 is 0 Å². The van der Waals surface area contributed by atoms with E-state index in [1.165, 1.54) is 7.11 Å². The molecule has 0 spiro atoms. The van der Waals surface area contributed by atoms with E-state index in [0.29, 0.717) is 11.1 Å². The Morgan fingerprint density at radius 3 is 1.83 bits per heavy atom. The van der Waals surface area contributed by atoms with E-state index in [4.69, 9.17) is 11.5 Å². The van der Waals surface area contributed by atoms with E-state index in [-0.39, 0.29) is 11.9 Å². The van der Waals surface area contributed by atoms with Gasteiger partial charge in [0.2, 0.25) is 0 Å². The number of rotatable bonds is 2. The molecule has 2 aromatic heterocycles. The zero-order chi connectivity index (χ0) is 21.8. The highest BCUT2D eigenvalue weighted by Crippen LogP contribution is 2.18. The Morgan fingerprint density at radius 2 is 1.33 bits per heavy atom. The molecule has 0 saturated carbocycles. The van der Waals surface area contributed by atoms with Crippen molar-refractivity contribution in [2.75, 3.05) is 7.11 Å². The van der Waals surface area contributed by atoms with Gasteiger partial charge in [-0.1, -0.05) is 0 Å². The van der Waals surface area contributed by atoms with Crippen molar-refractivity contribution in [2.45, 2.75) is 0 Å². The van der Waals surface area contributed by atoms with Gasteiger partial charge >= 0.3 is 5.97 Å². The van der Waals surface area contributed by atoms with Crippen molar-refractivity contribution in [1.29, 1.82) is 0 Å². The molecule has 0 bridgehead atoms. The lowest BCUT2D eigenvalue weighted by molar-refractivity contribution is 0.0600. The maximum Gasteiger partial charge on any atom is 0.337 e. The third-order valence-electron chi connectivity index (χ3n) is 4.67. The number of benzene rings is 2. The Morgan fingerprint density at radius 1 is 0.833 bits per heavy atom. The van der Waals surface area contributed by atoms with Gasteiger partial charge < -0.3 is 25.3 Å². The van der Waals surface area contributed by atoms with Crippen LogP contribution in [0.15, 0.2) is 65.9 Å². The van der Waals surface area contributed by atoms with Crippen LogP contribution in [0.4, 0.5) is 0 Å². The molecule has 0 fully saturated rings. The van der Waals surface area contributed by atoms with E-state index in [1.54, 1.807) is 18.2 Å². The second-order valence-corrected chi connectivity index (χ2v) is 6.73. The van der Waals surface area contributed by atoms with Crippen LogP contribution >= 0.6 is 0 Å². The van der Waals surface area contributed by atoms with Crippen LogP contribution in [-0.4, -0.2) is 34.1 Å². The largest absolute Gasteiger partial charge is 0.465 e. The Kier molecular flexibility index (Phi) is 5.87. The molecule has 4 N–H and O–H groups in total. The number of hydrogen-bond acceptors (Lipinski definition) is 3. The number of amides is 1. The smallest absolute Gasteiger partial charge is 0.337 e. The fourth-order valence-electron chi connectivity index (χ4n) is 3.12. The lowest BCUT2D eigenvalue weighted by Gasteiger charge is -2.00. The summed E-state index contributed by atoms with van der Waals surface area (Å²) in [6, 6.07) is 14.8. The van der Waals surface area contributed by atoms with Crippen LogP contribution < -0.4 is 11.5 Å². The van der Waals surface area contributed by atoms with Crippen molar-refractivity contribution in [3.05, 3.63) is 72.1 Å². The Hall–Kier alpha value is -4.07. The number of esters is 1. The number of hydrogen-bond donors (Lipinski definition) is 2. The summed E-state index contributed by atoms with van der Waals surface area (Å²) in [7, 11) is 5.30. The second kappa shape index (κ2) is 8.52. The number of methoxy groups -OCH3 is 1. The van der Waals surface area contributed by atoms with E-state index in [1.807, 2.05) is 66.0 Å². The molecule has 1 amide bonds. The van der Waals surface area contributed by atoms with Crippen LogP contribution in [0.3, 0.4) is 0 Å². The molecule has 0 atom stereocenters. The molecule has 0 aliphatic carbocycles. The number of aromatic nitrogens is 2. The minimum Gasteiger partial charge on any atom is -0.465 e. The van der Waals surface area contributed by atoms with Gasteiger partial charge in [0.25, 0.3) is 5.91 Å². The van der Waals surface area contributed by atoms with Crippen molar-refractivity contribution in [2.24, 2.45) is 30.6 Å². The van der Waals surface area contributed by atoms with Crippen LogP contribution in [0.25, 0.3) is 21.8 Å². The van der Waals surface area contributed by atoms with Crippen molar-refractivity contribution in [1.82, 2.24) is 9.13 Å². The molecule has 0 aliphatic rings. The Bertz CT molecular complexity index is 1260. The molecule has 0 saturated heterocycles. The monoisotopic (exact) mass is 405 g/mol. The average molecular weight is 405 g/mol. The predicted molar refractivity (Wildman–Crippen MR) is 117 cm³/mol. The summed E-state index contributed by atoms with van der Waals surface area (Å²) in [6.07, 6.45) is 3.89. The van der Waals surface area contributed by atoms with Crippen LogP contribution in [0.2, 0.25) is 0 Å². The molecule has 0 unspecified atom stereocenters. The molecule has 4 aromatic rings. The number of aryl methyl sites for hydroxylation is 2. The number of carbonyl (C=O) groups is 2. The lowest BCUT2D eigenvalue weighted by Crippen LogP contribution is -2.24. The molecule has 0 aliphatic heterocycles. The first kappa shape index (κ1) is 20.7. The Balaban J connectivity index is 0.000000172. The Labute approximate surface area is 173 Å². The molecule has 154 valence electrons. The van der Waals surface area contributed by atoms with E-state index < -0.39 is 5.91 Å². The van der Waals surface area contributed by atoms with Crippen molar-refractivity contribution in [3.63, 3.8) is 0 Å². The first-order valence-electron chi connectivity index (χ1n) is 9.12. The van der Waals surface area contributed by atoms with Gasteiger partial charge in [0.05, 0.1) is 12.7 Å². The van der Waals surface area contributed by atoms with Gasteiger partial charge in [0.1, 0.15) is 0 Å². The molecular weight excluding hydrogens is 382 g/mol. The number of nitrogens with two attached hydrogens (primary N) is 2. The highest BCUT2D eigenvalue weighted by molar-refractivity contribution is 6.04. The van der Waals surface area contributed by atoms with Crippen molar-refractivity contribution in [3.8, 4) is 0 Å². The van der Waals surface area contributed by atoms with Crippen molar-refractivity contribution < 1.29 is 14.3 Å². The maximum absolute atomic E-state index is 11.6. The van der Waals surface area contributed by atoms with Gasteiger partial charge in [0.15, 0.2) is 5.96 Å². The molecule has 8 nitrogen and oxygen atoms in total. The maximum atomic E-state index is 11.6. The third-order valence-corrected chi connectivity index (χ3v) is 4.67. The van der Waals surface area contributed by atoms with Gasteiger partial charge in [-0.15, -0.1) is 0 Å². The molecule has 30 heavy (non-hydrogen) atoms. The summed E-state index contributed by atoms with van der Waals surface area (Å²) in [5, 5.41) is 2.04. The minimum atomic E-state index is -0.425. The molecule has 2 heterocycles. The van der Waals surface area contributed by atoms with E-state index in [0.717, 1.165) is 21.8 Å². The highest BCUT2D eigenvalue weighted by atomic mass is 16.5. The summed E-state index contributed by atoms with van der Waals surface area (Å²) in [5.74, 6) is -0.945. The molecular formula is C22H23N5O3. The molecule has 4 rings (SSSR count). The SMILES string of the molecule is COC(=O)c1ccc2c(ccn2C)c1.Cn1ccc2cc(C(=O)N=C(N)N)ccc21. The second-order valence-electron chi connectivity index (χ2n) is 6.73. The van der Waals surface area contributed by atoms with Crippen LogP contribution in [0.1, 0.15) is 20.7 Å². The van der Waals surface area contributed by atoms with Gasteiger partial charge in [-0.2, -0.15) is 4.99 Å². The molecule has 8 heteroatoms. The first-order valence-corrected chi connectivity index (χ1v) is 9.12. The van der Waals surface area contributed by atoms with Crippen molar-refractivity contribution >= 4 is 39.6 Å². The number of ether oxygens (including phenoxy) is 1. The zero-order valence-corrected chi connectivity index (χ0v) is 17.0. The number of carbonyl (C=O) groups excluding carboxylic acids is 2. The fourth-order valence-corrected chi connectivity index (χ4v) is 3.12. The van der Waals surface area contributed by atoms with Gasteiger partial charge in [0, 0.05) is 53.9 Å². The predicted octanol–water partition coefficient (Wildman–Crippen LogP) is 2.56. The fraction of sp³-hybridized carbons (Fsp3) is 0.136. The van der Waals surface area contributed by atoms with Crippen LogP contribution in [-0.2, 0) is 18.8 Å². The average Bonchev–Trinajstić information content (AvgIpc) is 3.29. The number of guanidine groups is 1. The summed E-state index contributed by atoms with van der Waals surface area (Å²) in [6.45, 7) is 0. The quantitative estimate of drug-likeness (QED) is 0.302. The summed E-state index contributed by atoms with van der Waals surface area (Å²) < 4.78 is 8.63. The molecule has 2 aromatic carbocycles. The van der Waals surface area contributed by atoms with E-state index in [9.17, 15) is 9.59 Å². The first-order chi connectivity index (χ1) is 14.3. The third kappa shape index (κ3) is 4.33. The summed E-state index contributed by atoms with van der Waals surface area (Å²) in [4.78, 5) is 26.3. The number of aliphatic imine (C=N–C) groups is 1. The van der Waals surface area contributed by atoms with Crippen LogP contribution in [0, 0.1) is 0 Å². The summed E-state index contributed by atoms with van der Waals surface area (Å²) >= 11 is 0. The van der Waals surface area contributed by atoms with Crippen LogP contribution in [0.5, 0.6) is 0 Å². The number of nitrogens with zero attached hydrogens (tertiary/aromatic N) is 3. The lowest BCUT2D eigenvalue weighted by atomic mass is 10.1. The normalized spacial score (nSPS) is 10.4. The highest BCUT2D eigenvalue weighted by Gasteiger charge is 2.07. The topological polar surface area (TPSA) is 118 Å². The van der Waals surface area contributed by atoms with Gasteiger partial charge in [-0.3, -0.25) is 4.79 Å². The standard InChI is InChI=1S/C11H12N4O.C11H11NO2/c1-15-5-4-7-6-8(2-3-9(7)15)10(16)14-11(12)13;1-12-6-5-8-7-9(11(13)14-2)3-4-10(8)12/h2-6H,1H3,(H4,12,13,14,16);3-7H,1-2H3. The van der Waals surface area contributed by atoms with E-state index in [2.05, 4.69) is 9.73 Å². The number of fused-ring (bicyclic) bond motifs is 2. The minimum absolute atomic E-state index is 0.224. The van der Waals surface area contributed by atoms with Gasteiger partial charge in [-0.05, 0) is 48.5 Å². The van der Waals surface area contributed by atoms with Gasteiger partial charge in [-0.25, -0.2) is 4.79 Å². The summed E-state index contributed by atoms with van der Waals surface area (Å²) in [5.41, 5.74) is 13.5.